The molecule has 1 aromatic heterocycles. The summed E-state index contributed by atoms with van der Waals surface area (Å²) in [4.78, 5) is 13.5. The van der Waals surface area contributed by atoms with E-state index in [1.165, 1.54) is 0 Å². The summed E-state index contributed by atoms with van der Waals surface area (Å²) >= 11 is 0. The first-order valence-corrected chi connectivity index (χ1v) is 12.0. The largest absolute Gasteiger partial charge is 0.493 e. The fourth-order valence-electron chi connectivity index (χ4n) is 4.60. The summed E-state index contributed by atoms with van der Waals surface area (Å²) in [6.07, 6.45) is 7.58. The molecule has 0 radical (unpaired) electrons. The van der Waals surface area contributed by atoms with Gasteiger partial charge in [-0.05, 0) is 67.7 Å². The molecule has 1 fully saturated rings. The minimum Gasteiger partial charge on any atom is -0.493 e. The Morgan fingerprint density at radius 2 is 1.76 bits per heavy atom. The Labute approximate surface area is 212 Å². The number of rotatable bonds is 6. The maximum atomic E-state index is 14.0. The molecular formula is C30H23F2NO4. The van der Waals surface area contributed by atoms with Gasteiger partial charge in [0.05, 0.1) is 35.8 Å². The molecule has 5 nitrogen and oxygen atoms in total. The van der Waals surface area contributed by atoms with Gasteiger partial charge in [0, 0.05) is 11.6 Å². The van der Waals surface area contributed by atoms with Crippen LogP contribution in [0.15, 0.2) is 63.8 Å². The first-order valence-electron chi connectivity index (χ1n) is 12.0. The van der Waals surface area contributed by atoms with Crippen LogP contribution in [0.3, 0.4) is 0 Å². The molecule has 0 atom stereocenters. The third-order valence-corrected chi connectivity index (χ3v) is 6.49. The first-order chi connectivity index (χ1) is 18.0. The van der Waals surface area contributed by atoms with Crippen molar-refractivity contribution in [3.8, 4) is 28.7 Å². The highest BCUT2D eigenvalue weighted by atomic mass is 19.2. The number of halogens is 2. The van der Waals surface area contributed by atoms with Crippen molar-refractivity contribution >= 4 is 23.1 Å². The topological polar surface area (TPSA) is 72.5 Å². The summed E-state index contributed by atoms with van der Waals surface area (Å²) in [6.45, 7) is 0. The van der Waals surface area contributed by atoms with Gasteiger partial charge in [0.15, 0.2) is 23.1 Å². The predicted octanol–water partition coefficient (Wildman–Crippen LogP) is 7.11. The number of para-hydroxylation sites is 1. The van der Waals surface area contributed by atoms with Gasteiger partial charge in [-0.25, -0.2) is 8.78 Å². The van der Waals surface area contributed by atoms with Crippen molar-refractivity contribution in [2.75, 3.05) is 7.11 Å². The molecule has 5 rings (SSSR count). The summed E-state index contributed by atoms with van der Waals surface area (Å²) < 4.78 is 45.7. The van der Waals surface area contributed by atoms with Crippen molar-refractivity contribution in [1.82, 2.24) is 0 Å². The summed E-state index contributed by atoms with van der Waals surface area (Å²) in [5, 5.41) is 9.06. The normalized spacial score (nSPS) is 13.8. The van der Waals surface area contributed by atoms with Gasteiger partial charge < -0.3 is 13.9 Å². The Bertz CT molecular complexity index is 1590. The van der Waals surface area contributed by atoms with Crippen LogP contribution in [0.25, 0.3) is 34.2 Å². The van der Waals surface area contributed by atoms with Crippen molar-refractivity contribution in [1.29, 1.82) is 5.26 Å². The van der Waals surface area contributed by atoms with Crippen LogP contribution >= 0.6 is 0 Å². The number of benzene rings is 3. The highest BCUT2D eigenvalue weighted by Gasteiger charge is 2.21. The highest BCUT2D eigenvalue weighted by Crippen LogP contribution is 2.36. The van der Waals surface area contributed by atoms with Gasteiger partial charge in [-0.2, -0.15) is 5.26 Å². The SMILES string of the molecule is COc1cccc(C=Cc2oc3cc(F)c(F)cc3c(=O)c2-c2ccc(C#N)cc2)c1OC1CCCC1. The van der Waals surface area contributed by atoms with Gasteiger partial charge in [-0.1, -0.05) is 24.3 Å². The summed E-state index contributed by atoms with van der Waals surface area (Å²) in [5.74, 6) is -0.929. The highest BCUT2D eigenvalue weighted by molar-refractivity contribution is 5.87. The standard InChI is InChI=1S/C30H23F2NO4/c1-35-26-8-4-5-20(30(26)36-21-6-2-3-7-21)13-14-25-28(19-11-9-18(17-33)10-12-19)29(34)22-15-23(31)24(32)16-27(22)37-25/h4-5,8-16,21H,2-3,6-7H2,1H3. The number of ether oxygens (including phenoxy) is 2. The van der Waals surface area contributed by atoms with Crippen LogP contribution in [-0.2, 0) is 0 Å². The average molecular weight is 500 g/mol. The Kier molecular flexibility index (Phi) is 6.74. The van der Waals surface area contributed by atoms with E-state index < -0.39 is 17.1 Å². The lowest BCUT2D eigenvalue weighted by Gasteiger charge is -2.18. The molecule has 1 saturated carbocycles. The van der Waals surface area contributed by atoms with Crippen molar-refractivity contribution in [2.24, 2.45) is 0 Å². The summed E-state index contributed by atoms with van der Waals surface area (Å²) in [7, 11) is 1.57. The fourth-order valence-corrected chi connectivity index (χ4v) is 4.60. The predicted molar refractivity (Wildman–Crippen MR) is 137 cm³/mol. The molecule has 0 N–H and O–H groups in total. The second-order valence-corrected chi connectivity index (χ2v) is 8.86. The van der Waals surface area contributed by atoms with E-state index in [4.69, 9.17) is 19.2 Å². The fraction of sp³-hybridized carbons (Fsp3) is 0.200. The second-order valence-electron chi connectivity index (χ2n) is 8.86. The van der Waals surface area contributed by atoms with Crippen molar-refractivity contribution < 1.29 is 22.7 Å². The zero-order chi connectivity index (χ0) is 25.9. The third kappa shape index (κ3) is 4.83. The minimum absolute atomic E-state index is 0.0750. The molecular weight excluding hydrogens is 476 g/mol. The van der Waals surface area contributed by atoms with E-state index in [1.807, 2.05) is 24.3 Å². The molecule has 0 unspecified atom stereocenters. The van der Waals surface area contributed by atoms with Crippen LogP contribution in [-0.4, -0.2) is 13.2 Å². The van der Waals surface area contributed by atoms with Gasteiger partial charge in [0.25, 0.3) is 0 Å². The monoisotopic (exact) mass is 499 g/mol. The van der Waals surface area contributed by atoms with Crippen molar-refractivity contribution in [3.05, 3.63) is 93.3 Å². The van der Waals surface area contributed by atoms with E-state index in [-0.39, 0.29) is 28.4 Å². The van der Waals surface area contributed by atoms with E-state index in [1.54, 1.807) is 43.5 Å². The second kappa shape index (κ2) is 10.3. The number of methoxy groups -OCH3 is 1. The number of nitriles is 1. The molecule has 3 aromatic carbocycles. The Morgan fingerprint density at radius 3 is 2.46 bits per heavy atom. The van der Waals surface area contributed by atoms with E-state index in [9.17, 15) is 13.6 Å². The molecule has 1 heterocycles. The van der Waals surface area contributed by atoms with Gasteiger partial charge in [-0.15, -0.1) is 0 Å². The minimum atomic E-state index is -1.14. The van der Waals surface area contributed by atoms with Gasteiger partial charge in [0.1, 0.15) is 11.3 Å². The number of hydrogen-bond donors (Lipinski definition) is 0. The van der Waals surface area contributed by atoms with E-state index in [0.717, 1.165) is 37.8 Å². The summed E-state index contributed by atoms with van der Waals surface area (Å²) in [5.41, 5.74) is 1.19. The Hall–Kier alpha value is -4.44. The number of hydrogen-bond acceptors (Lipinski definition) is 5. The van der Waals surface area contributed by atoms with Crippen molar-refractivity contribution in [2.45, 2.75) is 31.8 Å². The molecule has 0 spiro atoms. The number of nitrogens with zero attached hydrogens (tertiary/aromatic N) is 1. The lowest BCUT2D eigenvalue weighted by molar-refractivity contribution is 0.200. The third-order valence-electron chi connectivity index (χ3n) is 6.49. The van der Waals surface area contributed by atoms with E-state index in [2.05, 4.69) is 0 Å². The van der Waals surface area contributed by atoms with Gasteiger partial charge in [0.2, 0.25) is 5.43 Å². The maximum Gasteiger partial charge on any atom is 0.201 e. The quantitative estimate of drug-likeness (QED) is 0.283. The summed E-state index contributed by atoms with van der Waals surface area (Å²) in [6, 6.07) is 15.6. The van der Waals surface area contributed by atoms with Crippen LogP contribution in [0.1, 0.15) is 42.6 Å². The van der Waals surface area contributed by atoms with E-state index in [0.29, 0.717) is 28.2 Å². The van der Waals surface area contributed by atoms with Crippen LogP contribution in [0.5, 0.6) is 11.5 Å². The van der Waals surface area contributed by atoms with Crippen LogP contribution in [0, 0.1) is 23.0 Å². The van der Waals surface area contributed by atoms with Crippen molar-refractivity contribution in [3.63, 3.8) is 0 Å². The maximum absolute atomic E-state index is 14.0. The molecule has 0 aliphatic heterocycles. The first kappa shape index (κ1) is 24.3. The molecule has 1 aliphatic rings. The average Bonchev–Trinajstić information content (AvgIpc) is 3.43. The lowest BCUT2D eigenvalue weighted by atomic mass is 10.00. The number of fused-ring (bicyclic) bond motifs is 1. The molecule has 0 bridgehead atoms. The van der Waals surface area contributed by atoms with E-state index >= 15 is 0 Å². The molecule has 4 aromatic rings. The zero-order valence-electron chi connectivity index (χ0n) is 20.1. The molecule has 0 saturated heterocycles. The van der Waals surface area contributed by atoms with Gasteiger partial charge >= 0.3 is 0 Å². The van der Waals surface area contributed by atoms with Crippen LogP contribution in [0.2, 0.25) is 0 Å². The molecule has 0 amide bonds. The Balaban J connectivity index is 1.66. The molecule has 7 heteroatoms. The smallest absolute Gasteiger partial charge is 0.201 e. The van der Waals surface area contributed by atoms with Gasteiger partial charge in [-0.3, -0.25) is 4.79 Å². The molecule has 186 valence electrons. The lowest BCUT2D eigenvalue weighted by Crippen LogP contribution is -2.12. The van der Waals surface area contributed by atoms with Crippen LogP contribution < -0.4 is 14.9 Å². The van der Waals surface area contributed by atoms with Crippen LogP contribution in [0.4, 0.5) is 8.78 Å². The molecule has 1 aliphatic carbocycles. The Morgan fingerprint density at radius 1 is 1.03 bits per heavy atom. The zero-order valence-corrected chi connectivity index (χ0v) is 20.1. The molecule has 37 heavy (non-hydrogen) atoms.